The Bertz CT molecular complexity index is 420. The zero-order chi connectivity index (χ0) is 13.0. The van der Waals surface area contributed by atoms with Crippen molar-refractivity contribution >= 4 is 5.91 Å². The summed E-state index contributed by atoms with van der Waals surface area (Å²) in [5.74, 6) is 0.570. The summed E-state index contributed by atoms with van der Waals surface area (Å²) in [6, 6.07) is 6.76. The fourth-order valence-corrected chi connectivity index (χ4v) is 2.34. The number of nitrogens with one attached hydrogen (secondary N) is 2. The van der Waals surface area contributed by atoms with Gasteiger partial charge in [-0.1, -0.05) is 13.0 Å². The molecule has 0 bridgehead atoms. The van der Waals surface area contributed by atoms with E-state index in [0.717, 1.165) is 6.54 Å². The maximum absolute atomic E-state index is 11.9. The predicted molar refractivity (Wildman–Crippen MR) is 70.6 cm³/mol. The van der Waals surface area contributed by atoms with Crippen LogP contribution in [0.5, 0.6) is 5.75 Å². The van der Waals surface area contributed by atoms with Crippen LogP contribution in [0, 0.1) is 5.92 Å². The molecule has 4 heteroatoms. The van der Waals surface area contributed by atoms with Crippen molar-refractivity contribution < 1.29 is 9.90 Å². The summed E-state index contributed by atoms with van der Waals surface area (Å²) in [7, 11) is 0. The van der Waals surface area contributed by atoms with Crippen molar-refractivity contribution in [3.05, 3.63) is 29.8 Å². The predicted octanol–water partition coefficient (Wildman–Crippen LogP) is 1.51. The van der Waals surface area contributed by atoms with Gasteiger partial charge in [-0.05, 0) is 43.5 Å². The molecule has 1 heterocycles. The minimum Gasteiger partial charge on any atom is -0.508 e. The Morgan fingerprint density at radius 1 is 1.56 bits per heavy atom. The Kier molecular flexibility index (Phi) is 4.20. The van der Waals surface area contributed by atoms with Gasteiger partial charge in [-0.15, -0.1) is 0 Å². The summed E-state index contributed by atoms with van der Waals surface area (Å²) in [5, 5.41) is 15.7. The van der Waals surface area contributed by atoms with Crippen LogP contribution < -0.4 is 10.6 Å². The number of rotatable bonds is 3. The fourth-order valence-electron chi connectivity index (χ4n) is 2.34. The Balaban J connectivity index is 1.88. The summed E-state index contributed by atoms with van der Waals surface area (Å²) >= 11 is 0. The molecule has 0 saturated carbocycles. The molecule has 0 spiro atoms. The lowest BCUT2D eigenvalue weighted by Gasteiger charge is -2.30. The molecule has 0 aromatic heterocycles. The molecule has 18 heavy (non-hydrogen) atoms. The number of hydrogen-bond acceptors (Lipinski definition) is 3. The average molecular weight is 248 g/mol. The molecule has 3 N–H and O–H groups in total. The van der Waals surface area contributed by atoms with Crippen molar-refractivity contribution in [2.75, 3.05) is 13.1 Å². The second-order valence-electron chi connectivity index (χ2n) is 4.94. The second kappa shape index (κ2) is 5.87. The molecule has 1 aliphatic rings. The molecule has 1 aliphatic heterocycles. The van der Waals surface area contributed by atoms with E-state index < -0.39 is 0 Å². The van der Waals surface area contributed by atoms with E-state index in [1.165, 1.54) is 18.9 Å². The second-order valence-corrected chi connectivity index (χ2v) is 4.94. The van der Waals surface area contributed by atoms with Gasteiger partial charge in [0.25, 0.3) is 5.91 Å². The number of carbonyl (C=O) groups excluding carboxylic acids is 1. The van der Waals surface area contributed by atoms with Gasteiger partial charge in [0.1, 0.15) is 5.75 Å². The maximum Gasteiger partial charge on any atom is 0.251 e. The highest BCUT2D eigenvalue weighted by Crippen LogP contribution is 2.15. The lowest BCUT2D eigenvalue weighted by atomic mass is 9.93. The molecule has 1 saturated heterocycles. The zero-order valence-electron chi connectivity index (χ0n) is 10.6. The minimum atomic E-state index is -0.134. The van der Waals surface area contributed by atoms with E-state index in [-0.39, 0.29) is 11.7 Å². The summed E-state index contributed by atoms with van der Waals surface area (Å²) in [6.07, 6.45) is 2.41. The highest BCUT2D eigenvalue weighted by Gasteiger charge is 2.21. The van der Waals surface area contributed by atoms with Crippen LogP contribution in [-0.2, 0) is 0 Å². The number of benzene rings is 1. The molecule has 1 aromatic rings. The fraction of sp³-hybridized carbons (Fsp3) is 0.500. The van der Waals surface area contributed by atoms with E-state index in [2.05, 4.69) is 17.6 Å². The monoisotopic (exact) mass is 248 g/mol. The Morgan fingerprint density at radius 2 is 2.39 bits per heavy atom. The molecule has 1 fully saturated rings. The summed E-state index contributed by atoms with van der Waals surface area (Å²) in [6.45, 7) is 3.87. The molecule has 1 amide bonds. The van der Waals surface area contributed by atoms with Gasteiger partial charge in [0.15, 0.2) is 0 Å². The van der Waals surface area contributed by atoms with Crippen LogP contribution in [0.15, 0.2) is 24.3 Å². The lowest BCUT2D eigenvalue weighted by molar-refractivity contribution is 0.0943. The zero-order valence-corrected chi connectivity index (χ0v) is 10.6. The summed E-state index contributed by atoms with van der Waals surface area (Å²) in [5.41, 5.74) is 0.499. The number of phenolic OH excluding ortho intramolecular Hbond substituents is 1. The van der Waals surface area contributed by atoms with Crippen molar-refractivity contribution in [1.82, 2.24) is 10.6 Å². The first-order chi connectivity index (χ1) is 8.66. The third-order valence-corrected chi connectivity index (χ3v) is 3.52. The standard InChI is InChI=1S/C14H20N2O2/c1-10-4-3-7-15-13(10)9-16-14(18)11-5-2-6-12(17)8-11/h2,5-6,8,10,13,15,17H,3-4,7,9H2,1H3,(H,16,18). The molecule has 98 valence electrons. The first-order valence-electron chi connectivity index (χ1n) is 6.47. The van der Waals surface area contributed by atoms with Gasteiger partial charge in [-0.2, -0.15) is 0 Å². The van der Waals surface area contributed by atoms with E-state index in [9.17, 15) is 9.90 Å². The van der Waals surface area contributed by atoms with Gasteiger partial charge in [0, 0.05) is 18.2 Å². The van der Waals surface area contributed by atoms with Gasteiger partial charge in [0.05, 0.1) is 0 Å². The molecule has 2 atom stereocenters. The first-order valence-corrected chi connectivity index (χ1v) is 6.47. The van der Waals surface area contributed by atoms with Gasteiger partial charge in [-0.25, -0.2) is 0 Å². The van der Waals surface area contributed by atoms with Crippen LogP contribution in [-0.4, -0.2) is 30.1 Å². The number of amides is 1. The highest BCUT2D eigenvalue weighted by molar-refractivity contribution is 5.94. The maximum atomic E-state index is 11.9. The smallest absolute Gasteiger partial charge is 0.251 e. The van der Waals surface area contributed by atoms with Crippen LogP contribution in [0.25, 0.3) is 0 Å². The van der Waals surface area contributed by atoms with Gasteiger partial charge >= 0.3 is 0 Å². The Hall–Kier alpha value is -1.55. The molecule has 4 nitrogen and oxygen atoms in total. The van der Waals surface area contributed by atoms with Gasteiger partial charge in [-0.3, -0.25) is 4.79 Å². The quantitative estimate of drug-likeness (QED) is 0.760. The number of carbonyl (C=O) groups is 1. The number of aromatic hydroxyl groups is 1. The molecular formula is C14H20N2O2. The van der Waals surface area contributed by atoms with Crippen molar-refractivity contribution in [3.63, 3.8) is 0 Å². The van der Waals surface area contributed by atoms with E-state index in [1.54, 1.807) is 18.2 Å². The van der Waals surface area contributed by atoms with Crippen LogP contribution in [0.2, 0.25) is 0 Å². The van der Waals surface area contributed by atoms with E-state index in [4.69, 9.17) is 0 Å². The molecule has 2 unspecified atom stereocenters. The Morgan fingerprint density at radius 3 is 3.11 bits per heavy atom. The number of phenols is 1. The number of hydrogen-bond donors (Lipinski definition) is 3. The van der Waals surface area contributed by atoms with Crippen LogP contribution in [0.3, 0.4) is 0 Å². The molecule has 0 aliphatic carbocycles. The molecule has 1 aromatic carbocycles. The first kappa shape index (κ1) is 12.9. The SMILES string of the molecule is CC1CCCNC1CNC(=O)c1cccc(O)c1. The van der Waals surface area contributed by atoms with Crippen molar-refractivity contribution in [2.45, 2.75) is 25.8 Å². The molecule has 0 radical (unpaired) electrons. The summed E-state index contributed by atoms with van der Waals surface area (Å²) < 4.78 is 0. The van der Waals surface area contributed by atoms with Crippen LogP contribution in [0.4, 0.5) is 0 Å². The normalized spacial score (nSPS) is 23.6. The third kappa shape index (κ3) is 3.23. The van der Waals surface area contributed by atoms with Crippen molar-refractivity contribution in [2.24, 2.45) is 5.92 Å². The molecular weight excluding hydrogens is 228 g/mol. The largest absolute Gasteiger partial charge is 0.508 e. The van der Waals surface area contributed by atoms with Crippen molar-refractivity contribution in [3.8, 4) is 5.75 Å². The van der Waals surface area contributed by atoms with Gasteiger partial charge < -0.3 is 15.7 Å². The summed E-state index contributed by atoms with van der Waals surface area (Å²) in [4.78, 5) is 11.9. The number of piperidine rings is 1. The minimum absolute atomic E-state index is 0.117. The average Bonchev–Trinajstić information content (AvgIpc) is 2.37. The Labute approximate surface area is 107 Å². The topological polar surface area (TPSA) is 61.4 Å². The van der Waals surface area contributed by atoms with E-state index in [0.29, 0.717) is 24.1 Å². The molecule has 2 rings (SSSR count). The third-order valence-electron chi connectivity index (χ3n) is 3.52. The van der Waals surface area contributed by atoms with Crippen molar-refractivity contribution in [1.29, 1.82) is 0 Å². The van der Waals surface area contributed by atoms with E-state index >= 15 is 0 Å². The highest BCUT2D eigenvalue weighted by atomic mass is 16.3. The lowest BCUT2D eigenvalue weighted by Crippen LogP contribution is -2.47. The van der Waals surface area contributed by atoms with E-state index in [1.807, 2.05) is 0 Å². The van der Waals surface area contributed by atoms with Gasteiger partial charge in [0.2, 0.25) is 0 Å². The van der Waals surface area contributed by atoms with Crippen LogP contribution in [0.1, 0.15) is 30.1 Å². The van der Waals surface area contributed by atoms with Crippen LogP contribution >= 0.6 is 0 Å².